The van der Waals surface area contributed by atoms with E-state index < -0.39 is 5.97 Å². The summed E-state index contributed by atoms with van der Waals surface area (Å²) in [4.78, 5) is 23.0. The van der Waals surface area contributed by atoms with E-state index in [4.69, 9.17) is 4.74 Å². The molecule has 0 saturated heterocycles. The topological polar surface area (TPSA) is 85.2 Å². The second-order valence-electron chi connectivity index (χ2n) is 3.91. The predicted octanol–water partition coefficient (Wildman–Crippen LogP) is -0.177. The van der Waals surface area contributed by atoms with Crippen LogP contribution in [0.25, 0.3) is 0 Å². The Morgan fingerprint density at radius 2 is 2.16 bits per heavy atom. The van der Waals surface area contributed by atoms with Crippen LogP contribution < -0.4 is 10.6 Å². The number of nitrogens with zero attached hydrogens (tertiary/aromatic N) is 2. The molecule has 0 saturated carbocycles. The largest absolute Gasteiger partial charge is 0.462 e. The van der Waals surface area contributed by atoms with E-state index in [1.165, 1.54) is 6.20 Å². The fourth-order valence-electron chi connectivity index (χ4n) is 1.61. The van der Waals surface area contributed by atoms with Gasteiger partial charge in [-0.25, -0.2) is 4.79 Å². The molecule has 1 aromatic rings. The molecule has 106 valence electrons. The van der Waals surface area contributed by atoms with Gasteiger partial charge in [-0.3, -0.25) is 9.48 Å². The summed E-state index contributed by atoms with van der Waals surface area (Å²) in [5.41, 5.74) is 1.12. The highest BCUT2D eigenvalue weighted by Crippen LogP contribution is 2.08. The van der Waals surface area contributed by atoms with Gasteiger partial charge in [0, 0.05) is 20.1 Å². The Labute approximate surface area is 112 Å². The van der Waals surface area contributed by atoms with Crippen molar-refractivity contribution in [3.05, 3.63) is 17.5 Å². The maximum absolute atomic E-state index is 11.7. The maximum Gasteiger partial charge on any atom is 0.341 e. The zero-order valence-electron chi connectivity index (χ0n) is 11.5. The summed E-state index contributed by atoms with van der Waals surface area (Å²) in [7, 11) is 1.74. The van der Waals surface area contributed by atoms with Crippen LogP contribution >= 0.6 is 0 Å². The van der Waals surface area contributed by atoms with E-state index in [1.807, 2.05) is 6.92 Å². The molecule has 1 aromatic heterocycles. The lowest BCUT2D eigenvalue weighted by molar-refractivity contribution is -0.120. The number of carbonyl (C=O) groups excluding carboxylic acids is 2. The van der Waals surface area contributed by atoms with Crippen LogP contribution in [0.2, 0.25) is 0 Å². The van der Waals surface area contributed by atoms with Crippen LogP contribution in [0.1, 0.15) is 29.9 Å². The van der Waals surface area contributed by atoms with Gasteiger partial charge in [0.2, 0.25) is 5.91 Å². The first-order valence-electron chi connectivity index (χ1n) is 6.25. The van der Waals surface area contributed by atoms with Gasteiger partial charge in [0.05, 0.1) is 25.0 Å². The minimum absolute atomic E-state index is 0.0812. The number of amides is 1. The van der Waals surface area contributed by atoms with Crippen LogP contribution in [-0.4, -0.2) is 41.4 Å². The highest BCUT2D eigenvalue weighted by molar-refractivity contribution is 5.90. The van der Waals surface area contributed by atoms with Gasteiger partial charge in [-0.05, 0) is 13.8 Å². The number of nitrogens with one attached hydrogen (secondary N) is 2. The lowest BCUT2D eigenvalue weighted by Crippen LogP contribution is -2.34. The molecule has 7 nitrogen and oxygen atoms in total. The molecule has 7 heteroatoms. The van der Waals surface area contributed by atoms with Crippen LogP contribution in [0.5, 0.6) is 0 Å². The highest BCUT2D eigenvalue weighted by Gasteiger charge is 2.16. The van der Waals surface area contributed by atoms with Gasteiger partial charge in [0.1, 0.15) is 5.56 Å². The normalized spacial score (nSPS) is 10.3. The Morgan fingerprint density at radius 3 is 2.79 bits per heavy atom. The summed E-state index contributed by atoms with van der Waals surface area (Å²) < 4.78 is 6.54. The molecule has 0 aliphatic heterocycles. The first-order chi connectivity index (χ1) is 9.10. The first kappa shape index (κ1) is 15.2. The molecular weight excluding hydrogens is 248 g/mol. The molecule has 1 rings (SSSR count). The zero-order chi connectivity index (χ0) is 14.3. The molecular formula is C12H20N4O3. The smallest absolute Gasteiger partial charge is 0.341 e. The van der Waals surface area contributed by atoms with Crippen molar-refractivity contribution in [3.8, 4) is 0 Å². The van der Waals surface area contributed by atoms with Crippen molar-refractivity contribution in [3.63, 3.8) is 0 Å². The third kappa shape index (κ3) is 4.36. The lowest BCUT2D eigenvalue weighted by atomic mass is 10.2. The molecule has 0 spiro atoms. The molecule has 0 radical (unpaired) electrons. The van der Waals surface area contributed by atoms with Crippen LogP contribution in [0.3, 0.4) is 0 Å². The third-order valence-electron chi connectivity index (χ3n) is 2.51. The van der Waals surface area contributed by atoms with Crippen LogP contribution in [-0.2, 0) is 23.1 Å². The Morgan fingerprint density at radius 1 is 1.42 bits per heavy atom. The Kier molecular flexibility index (Phi) is 6.01. The van der Waals surface area contributed by atoms with Crippen molar-refractivity contribution in [2.75, 3.05) is 19.7 Å². The Balaban J connectivity index is 2.60. The minimum Gasteiger partial charge on any atom is -0.462 e. The molecule has 19 heavy (non-hydrogen) atoms. The summed E-state index contributed by atoms with van der Waals surface area (Å²) in [6.45, 7) is 5.10. The number of aromatic nitrogens is 2. The van der Waals surface area contributed by atoms with Gasteiger partial charge in [0.15, 0.2) is 0 Å². The lowest BCUT2D eigenvalue weighted by Gasteiger charge is -2.07. The molecule has 2 N–H and O–H groups in total. The van der Waals surface area contributed by atoms with E-state index >= 15 is 0 Å². The first-order valence-corrected chi connectivity index (χ1v) is 6.25. The summed E-state index contributed by atoms with van der Waals surface area (Å²) in [5, 5.41) is 9.68. The van der Waals surface area contributed by atoms with Crippen LogP contribution in [0.15, 0.2) is 6.20 Å². The quantitative estimate of drug-likeness (QED) is 0.670. The summed E-state index contributed by atoms with van der Waals surface area (Å²) in [6.07, 6.45) is 1.47. The standard InChI is InChI=1S/C12H20N4O3/c1-4-14-11(17)8-13-7-10-9(6-15-16(10)3)12(18)19-5-2/h6,13H,4-5,7-8H2,1-3H3,(H,14,17). The second-order valence-corrected chi connectivity index (χ2v) is 3.91. The van der Waals surface area contributed by atoms with Crippen molar-refractivity contribution in [1.29, 1.82) is 0 Å². The number of hydrogen-bond donors (Lipinski definition) is 2. The molecule has 0 bridgehead atoms. The van der Waals surface area contributed by atoms with Crippen LogP contribution in [0, 0.1) is 0 Å². The summed E-state index contributed by atoms with van der Waals surface area (Å²) >= 11 is 0. The molecule has 0 atom stereocenters. The number of likely N-dealkylation sites (N-methyl/N-ethyl adjacent to an activating group) is 1. The Bertz CT molecular complexity index is 442. The number of ether oxygens (including phenoxy) is 1. The highest BCUT2D eigenvalue weighted by atomic mass is 16.5. The molecule has 1 amide bonds. The van der Waals surface area contributed by atoms with E-state index in [1.54, 1.807) is 18.7 Å². The number of hydrogen-bond acceptors (Lipinski definition) is 5. The fourth-order valence-corrected chi connectivity index (χ4v) is 1.61. The van der Waals surface area contributed by atoms with Crippen molar-refractivity contribution in [1.82, 2.24) is 20.4 Å². The van der Waals surface area contributed by atoms with Gasteiger partial charge in [0.25, 0.3) is 0 Å². The fraction of sp³-hybridized carbons (Fsp3) is 0.583. The number of esters is 1. The van der Waals surface area contributed by atoms with Crippen molar-refractivity contribution in [2.45, 2.75) is 20.4 Å². The zero-order valence-corrected chi connectivity index (χ0v) is 11.5. The molecule has 1 heterocycles. The molecule has 0 aliphatic carbocycles. The number of aryl methyl sites for hydroxylation is 1. The monoisotopic (exact) mass is 268 g/mol. The van der Waals surface area contributed by atoms with E-state index in [-0.39, 0.29) is 12.5 Å². The second kappa shape index (κ2) is 7.52. The molecule has 0 unspecified atom stereocenters. The van der Waals surface area contributed by atoms with E-state index in [0.717, 1.165) is 0 Å². The van der Waals surface area contributed by atoms with E-state index in [9.17, 15) is 9.59 Å². The van der Waals surface area contributed by atoms with Gasteiger partial charge in [-0.1, -0.05) is 0 Å². The summed E-state index contributed by atoms with van der Waals surface area (Å²) in [5.74, 6) is -0.479. The van der Waals surface area contributed by atoms with Crippen molar-refractivity contribution >= 4 is 11.9 Å². The van der Waals surface area contributed by atoms with E-state index in [0.29, 0.717) is 31.0 Å². The molecule has 0 aromatic carbocycles. The van der Waals surface area contributed by atoms with Gasteiger partial charge in [-0.15, -0.1) is 0 Å². The molecule has 0 aliphatic rings. The van der Waals surface area contributed by atoms with E-state index in [2.05, 4.69) is 15.7 Å². The van der Waals surface area contributed by atoms with Crippen molar-refractivity contribution in [2.24, 2.45) is 7.05 Å². The predicted molar refractivity (Wildman–Crippen MR) is 69.6 cm³/mol. The number of rotatable bonds is 7. The summed E-state index contributed by atoms with van der Waals surface area (Å²) in [6, 6.07) is 0. The Hall–Kier alpha value is -1.89. The van der Waals surface area contributed by atoms with Crippen molar-refractivity contribution < 1.29 is 14.3 Å². The van der Waals surface area contributed by atoms with Gasteiger partial charge < -0.3 is 15.4 Å². The average molecular weight is 268 g/mol. The van der Waals surface area contributed by atoms with Gasteiger partial charge in [-0.2, -0.15) is 5.10 Å². The van der Waals surface area contributed by atoms with Crippen LogP contribution in [0.4, 0.5) is 0 Å². The average Bonchev–Trinajstić information content (AvgIpc) is 2.72. The number of carbonyl (C=O) groups is 2. The SMILES string of the molecule is CCNC(=O)CNCc1c(C(=O)OCC)cnn1C. The minimum atomic E-state index is -0.398. The maximum atomic E-state index is 11.7. The third-order valence-corrected chi connectivity index (χ3v) is 2.51. The van der Waals surface area contributed by atoms with Gasteiger partial charge >= 0.3 is 5.97 Å². The molecule has 0 fully saturated rings.